The third-order valence-electron chi connectivity index (χ3n) is 5.17. The van der Waals surface area contributed by atoms with Gasteiger partial charge >= 0.3 is 5.97 Å². The Balaban J connectivity index is 1.60. The molecule has 0 bridgehead atoms. The molecular formula is C22H26N2O6. The highest BCUT2D eigenvalue weighted by atomic mass is 16.5. The van der Waals surface area contributed by atoms with E-state index in [0.717, 1.165) is 25.0 Å². The average molecular weight is 414 g/mol. The molecule has 2 heterocycles. The van der Waals surface area contributed by atoms with Gasteiger partial charge in [-0.15, -0.1) is 0 Å². The average Bonchev–Trinajstić information content (AvgIpc) is 3.35. The summed E-state index contributed by atoms with van der Waals surface area (Å²) in [5.41, 5.74) is 1.81. The molecule has 30 heavy (non-hydrogen) atoms. The zero-order valence-corrected chi connectivity index (χ0v) is 17.4. The fraction of sp³-hybridized carbons (Fsp3) is 0.409. The first-order valence-corrected chi connectivity index (χ1v) is 9.81. The van der Waals surface area contributed by atoms with E-state index in [1.54, 1.807) is 44.3 Å². The number of carbonyl (C=O) groups is 3. The van der Waals surface area contributed by atoms with Gasteiger partial charge in [0.05, 0.1) is 24.4 Å². The first kappa shape index (κ1) is 21.6. The Kier molecular flexibility index (Phi) is 6.89. The lowest BCUT2D eigenvalue weighted by molar-refractivity contribution is -0.136. The monoisotopic (exact) mass is 414 g/mol. The first-order valence-electron chi connectivity index (χ1n) is 9.81. The van der Waals surface area contributed by atoms with Crippen molar-refractivity contribution in [1.29, 1.82) is 0 Å². The van der Waals surface area contributed by atoms with Crippen molar-refractivity contribution in [3.05, 3.63) is 46.7 Å². The van der Waals surface area contributed by atoms with Gasteiger partial charge in [-0.3, -0.25) is 9.59 Å². The van der Waals surface area contributed by atoms with Gasteiger partial charge in [-0.25, -0.2) is 4.79 Å². The van der Waals surface area contributed by atoms with Crippen LogP contribution in [0.2, 0.25) is 0 Å². The number of carbonyl (C=O) groups excluding carboxylic acids is 3. The normalized spacial score (nSPS) is 20.1. The molecule has 1 fully saturated rings. The van der Waals surface area contributed by atoms with E-state index in [4.69, 9.17) is 14.2 Å². The van der Waals surface area contributed by atoms with Gasteiger partial charge in [-0.1, -0.05) is 12.1 Å². The van der Waals surface area contributed by atoms with E-state index in [9.17, 15) is 14.4 Å². The topological polar surface area (TPSA) is 94.2 Å². The molecule has 1 aromatic carbocycles. The zero-order valence-electron chi connectivity index (χ0n) is 17.4. The van der Waals surface area contributed by atoms with Gasteiger partial charge in [0.2, 0.25) is 0 Å². The highest BCUT2D eigenvalue weighted by molar-refractivity contribution is 6.16. The van der Waals surface area contributed by atoms with Crippen molar-refractivity contribution in [3.63, 3.8) is 0 Å². The van der Waals surface area contributed by atoms with Crippen molar-refractivity contribution in [3.8, 4) is 5.75 Å². The van der Waals surface area contributed by atoms with E-state index >= 15 is 0 Å². The number of amides is 2. The van der Waals surface area contributed by atoms with Crippen molar-refractivity contribution in [1.82, 2.24) is 10.2 Å². The Morgan fingerprint density at radius 2 is 2.03 bits per heavy atom. The van der Waals surface area contributed by atoms with Crippen molar-refractivity contribution in [2.75, 3.05) is 33.9 Å². The minimum Gasteiger partial charge on any atom is -0.484 e. The van der Waals surface area contributed by atoms with E-state index < -0.39 is 5.97 Å². The molecule has 0 aliphatic carbocycles. The number of allylic oxidation sites excluding steroid dienone is 1. The van der Waals surface area contributed by atoms with Crippen molar-refractivity contribution in [2.45, 2.75) is 25.9 Å². The predicted octanol–water partition coefficient (Wildman–Crippen LogP) is 1.66. The minimum absolute atomic E-state index is 0.0891. The van der Waals surface area contributed by atoms with E-state index in [1.807, 2.05) is 0 Å². The molecule has 1 atom stereocenters. The molecule has 2 aliphatic heterocycles. The van der Waals surface area contributed by atoms with Gasteiger partial charge in [0.1, 0.15) is 5.75 Å². The van der Waals surface area contributed by atoms with Gasteiger partial charge in [0.25, 0.3) is 11.8 Å². The summed E-state index contributed by atoms with van der Waals surface area (Å²) in [5, 5.41) is 2.80. The quantitative estimate of drug-likeness (QED) is 0.539. The number of rotatable bonds is 7. The summed E-state index contributed by atoms with van der Waals surface area (Å²) in [7, 11) is 2.90. The predicted molar refractivity (Wildman–Crippen MR) is 109 cm³/mol. The largest absolute Gasteiger partial charge is 0.484 e. The summed E-state index contributed by atoms with van der Waals surface area (Å²) in [6, 6.07) is 6.92. The summed E-state index contributed by atoms with van der Waals surface area (Å²) in [5.74, 6) is -0.500. The number of likely N-dealkylation sites (N-methyl/N-ethyl adjacent to an activating group) is 1. The Hall–Kier alpha value is -3.13. The minimum atomic E-state index is -0.551. The van der Waals surface area contributed by atoms with Crippen LogP contribution < -0.4 is 10.1 Å². The zero-order chi connectivity index (χ0) is 21.7. The van der Waals surface area contributed by atoms with Crippen LogP contribution in [0.15, 0.2) is 41.1 Å². The van der Waals surface area contributed by atoms with Crippen LogP contribution in [-0.4, -0.2) is 62.7 Å². The summed E-state index contributed by atoms with van der Waals surface area (Å²) in [4.78, 5) is 37.9. The summed E-state index contributed by atoms with van der Waals surface area (Å²) in [6.45, 7) is 2.85. The first-order chi connectivity index (χ1) is 14.4. The van der Waals surface area contributed by atoms with Gasteiger partial charge in [0.15, 0.2) is 6.61 Å². The smallest absolute Gasteiger partial charge is 0.340 e. The van der Waals surface area contributed by atoms with Gasteiger partial charge < -0.3 is 24.4 Å². The SMILES string of the molecule is COC(=O)C1=C(C)N(C)C(=O)/C1=C\c1ccc(OCC(=O)NC[C@H]2CCCO2)cc1. The van der Waals surface area contributed by atoms with Gasteiger partial charge in [-0.2, -0.15) is 0 Å². The third-order valence-corrected chi connectivity index (χ3v) is 5.17. The second-order valence-electron chi connectivity index (χ2n) is 7.17. The molecule has 1 aromatic rings. The van der Waals surface area contributed by atoms with Crippen molar-refractivity contribution in [2.24, 2.45) is 0 Å². The molecule has 0 aromatic heterocycles. The van der Waals surface area contributed by atoms with Crippen LogP contribution in [0, 0.1) is 0 Å². The number of ether oxygens (including phenoxy) is 3. The molecule has 160 valence electrons. The molecular weight excluding hydrogens is 388 g/mol. The van der Waals surface area contributed by atoms with Crippen molar-refractivity contribution < 1.29 is 28.6 Å². The molecule has 1 saturated heterocycles. The number of esters is 1. The van der Waals surface area contributed by atoms with Crippen LogP contribution in [-0.2, 0) is 23.9 Å². The van der Waals surface area contributed by atoms with Crippen LogP contribution in [0.1, 0.15) is 25.3 Å². The molecule has 8 heteroatoms. The standard InChI is InChI=1S/C22H26N2O6/c1-14-20(22(27)28-3)18(21(26)24(14)2)11-15-6-8-16(9-7-15)30-13-19(25)23-12-17-5-4-10-29-17/h6-9,11,17H,4-5,10,12-13H2,1-3H3,(H,23,25)/b18-11-/t17-/m1/s1. The Bertz CT molecular complexity index is 881. The van der Waals surface area contributed by atoms with Gasteiger partial charge in [-0.05, 0) is 43.5 Å². The second kappa shape index (κ2) is 9.58. The number of hydrogen-bond acceptors (Lipinski definition) is 6. The Morgan fingerprint density at radius 3 is 2.67 bits per heavy atom. The molecule has 0 unspecified atom stereocenters. The number of nitrogens with zero attached hydrogens (tertiary/aromatic N) is 1. The Morgan fingerprint density at radius 1 is 1.30 bits per heavy atom. The fourth-order valence-corrected chi connectivity index (χ4v) is 3.36. The molecule has 0 spiro atoms. The lowest BCUT2D eigenvalue weighted by Crippen LogP contribution is -2.35. The highest BCUT2D eigenvalue weighted by Crippen LogP contribution is 2.30. The molecule has 0 radical (unpaired) electrons. The van der Waals surface area contributed by atoms with Crippen LogP contribution in [0.4, 0.5) is 0 Å². The van der Waals surface area contributed by atoms with Crippen LogP contribution in [0.3, 0.4) is 0 Å². The molecule has 0 saturated carbocycles. The summed E-state index contributed by atoms with van der Waals surface area (Å²) < 4.78 is 15.8. The molecule has 2 amide bonds. The lowest BCUT2D eigenvalue weighted by atomic mass is 10.0. The molecule has 3 rings (SSSR count). The second-order valence-corrected chi connectivity index (χ2v) is 7.17. The van der Waals surface area contributed by atoms with E-state index in [1.165, 1.54) is 12.0 Å². The fourth-order valence-electron chi connectivity index (χ4n) is 3.36. The summed E-state index contributed by atoms with van der Waals surface area (Å²) >= 11 is 0. The third kappa shape index (κ3) is 4.88. The maximum absolute atomic E-state index is 12.5. The number of nitrogens with one attached hydrogen (secondary N) is 1. The number of hydrogen-bond donors (Lipinski definition) is 1. The van der Waals surface area contributed by atoms with E-state index in [2.05, 4.69) is 5.32 Å². The van der Waals surface area contributed by atoms with Crippen LogP contribution in [0.25, 0.3) is 6.08 Å². The Labute approximate surface area is 175 Å². The molecule has 2 aliphatic rings. The van der Waals surface area contributed by atoms with E-state index in [-0.39, 0.29) is 35.7 Å². The maximum atomic E-state index is 12.5. The van der Waals surface area contributed by atoms with Crippen molar-refractivity contribution >= 4 is 23.9 Å². The molecule has 1 N–H and O–H groups in total. The van der Waals surface area contributed by atoms with Crippen LogP contribution in [0.5, 0.6) is 5.75 Å². The number of methoxy groups -OCH3 is 1. The summed E-state index contributed by atoms with van der Waals surface area (Å²) in [6.07, 6.45) is 3.71. The molecule has 8 nitrogen and oxygen atoms in total. The van der Waals surface area contributed by atoms with Crippen LogP contribution >= 0.6 is 0 Å². The maximum Gasteiger partial charge on any atom is 0.340 e. The highest BCUT2D eigenvalue weighted by Gasteiger charge is 2.34. The van der Waals surface area contributed by atoms with E-state index in [0.29, 0.717) is 18.0 Å². The van der Waals surface area contributed by atoms with Gasteiger partial charge in [0, 0.05) is 25.9 Å². The lowest BCUT2D eigenvalue weighted by Gasteiger charge is -2.11. The number of benzene rings is 1.